The topological polar surface area (TPSA) is 38.9 Å². The number of aryl methyl sites for hydroxylation is 1. The van der Waals surface area contributed by atoms with Crippen molar-refractivity contribution < 1.29 is 13.3 Å². The van der Waals surface area contributed by atoms with Crippen LogP contribution in [0.4, 0.5) is 8.78 Å². The molecular weight excluding hydrogens is 258 g/mol. The zero-order valence-corrected chi connectivity index (χ0v) is 10.8. The quantitative estimate of drug-likeness (QED) is 0.793. The fraction of sp³-hybridized carbons (Fsp3) is 0.333. The van der Waals surface area contributed by atoms with Crippen LogP contribution in [-0.2, 0) is 6.42 Å². The third-order valence-electron chi connectivity index (χ3n) is 2.35. The molecule has 2 aromatic rings. The predicted octanol–water partition coefficient (Wildman–Crippen LogP) is 3.76. The summed E-state index contributed by atoms with van der Waals surface area (Å²) in [6.45, 7) is 3.81. The summed E-state index contributed by atoms with van der Waals surface area (Å²) in [4.78, 5) is 4.82. The van der Waals surface area contributed by atoms with Crippen molar-refractivity contribution in [3.63, 3.8) is 0 Å². The van der Waals surface area contributed by atoms with E-state index in [1.165, 1.54) is 17.8 Å². The molecule has 1 aromatic heterocycles. The van der Waals surface area contributed by atoms with Crippen LogP contribution in [0.3, 0.4) is 0 Å². The minimum atomic E-state index is -0.855. The lowest BCUT2D eigenvalue weighted by Gasteiger charge is -2.06. The number of aromatic nitrogens is 2. The van der Waals surface area contributed by atoms with Crippen LogP contribution in [0.25, 0.3) is 0 Å². The number of thioether (sulfide) groups is 1. The standard InChI is InChI=1S/C12H12F2N2OS/c1-3-11-15-12(17-16-11)7(2)18-8-4-5-9(13)10(14)6-8/h4-7H,3H2,1-2H3. The first kappa shape index (κ1) is 13.0. The van der Waals surface area contributed by atoms with Crippen molar-refractivity contribution in [3.05, 3.63) is 41.5 Å². The van der Waals surface area contributed by atoms with Crippen molar-refractivity contribution in [3.8, 4) is 0 Å². The Bertz CT molecular complexity index is 545. The summed E-state index contributed by atoms with van der Waals surface area (Å²) >= 11 is 1.34. The SMILES string of the molecule is CCc1noc(C(C)Sc2ccc(F)c(F)c2)n1. The van der Waals surface area contributed by atoms with Gasteiger partial charge in [-0.05, 0) is 25.1 Å². The van der Waals surface area contributed by atoms with Crippen molar-refractivity contribution >= 4 is 11.8 Å². The Morgan fingerprint density at radius 1 is 1.33 bits per heavy atom. The molecule has 6 heteroatoms. The van der Waals surface area contributed by atoms with E-state index < -0.39 is 11.6 Å². The Balaban J connectivity index is 2.10. The van der Waals surface area contributed by atoms with Gasteiger partial charge in [0.25, 0.3) is 0 Å². The monoisotopic (exact) mass is 270 g/mol. The molecule has 18 heavy (non-hydrogen) atoms. The summed E-state index contributed by atoms with van der Waals surface area (Å²) in [6, 6.07) is 3.79. The fourth-order valence-electron chi connectivity index (χ4n) is 1.38. The molecule has 2 rings (SSSR count). The molecule has 0 saturated carbocycles. The molecule has 0 aliphatic carbocycles. The fourth-order valence-corrected chi connectivity index (χ4v) is 2.30. The van der Waals surface area contributed by atoms with Crippen LogP contribution in [0, 0.1) is 11.6 Å². The Morgan fingerprint density at radius 3 is 2.72 bits per heavy atom. The van der Waals surface area contributed by atoms with Crippen molar-refractivity contribution in [2.75, 3.05) is 0 Å². The van der Waals surface area contributed by atoms with Crippen LogP contribution in [0.15, 0.2) is 27.6 Å². The van der Waals surface area contributed by atoms with E-state index in [2.05, 4.69) is 10.1 Å². The lowest BCUT2D eigenvalue weighted by molar-refractivity contribution is 0.375. The summed E-state index contributed by atoms with van der Waals surface area (Å²) in [5.74, 6) is -0.575. The number of nitrogens with zero attached hydrogens (tertiary/aromatic N) is 2. The molecule has 0 radical (unpaired) electrons. The highest BCUT2D eigenvalue weighted by molar-refractivity contribution is 7.99. The predicted molar refractivity (Wildman–Crippen MR) is 64.3 cm³/mol. The van der Waals surface area contributed by atoms with Gasteiger partial charge in [0.1, 0.15) is 0 Å². The van der Waals surface area contributed by atoms with E-state index in [9.17, 15) is 8.78 Å². The average molecular weight is 270 g/mol. The van der Waals surface area contributed by atoms with Crippen LogP contribution in [0.1, 0.15) is 30.8 Å². The second-order valence-electron chi connectivity index (χ2n) is 3.74. The van der Waals surface area contributed by atoms with Gasteiger partial charge >= 0.3 is 0 Å². The first-order chi connectivity index (χ1) is 8.60. The van der Waals surface area contributed by atoms with E-state index in [1.807, 2.05) is 13.8 Å². The molecule has 3 nitrogen and oxygen atoms in total. The second-order valence-corrected chi connectivity index (χ2v) is 5.15. The number of halogens is 2. The number of hydrogen-bond acceptors (Lipinski definition) is 4. The van der Waals surface area contributed by atoms with Crippen LogP contribution in [0.5, 0.6) is 0 Å². The normalized spacial score (nSPS) is 12.7. The highest BCUT2D eigenvalue weighted by Crippen LogP contribution is 2.34. The summed E-state index contributed by atoms with van der Waals surface area (Å²) in [7, 11) is 0. The molecule has 0 spiro atoms. The van der Waals surface area contributed by atoms with E-state index in [0.717, 1.165) is 12.1 Å². The molecule has 0 saturated heterocycles. The van der Waals surface area contributed by atoms with Gasteiger partial charge < -0.3 is 4.52 Å². The largest absolute Gasteiger partial charge is 0.338 e. The molecule has 1 aromatic carbocycles. The minimum absolute atomic E-state index is 0.109. The maximum atomic E-state index is 13.1. The first-order valence-electron chi connectivity index (χ1n) is 5.54. The van der Waals surface area contributed by atoms with E-state index in [-0.39, 0.29) is 5.25 Å². The zero-order chi connectivity index (χ0) is 13.1. The highest BCUT2D eigenvalue weighted by atomic mass is 32.2. The second kappa shape index (κ2) is 5.48. The van der Waals surface area contributed by atoms with Gasteiger partial charge in [-0.3, -0.25) is 0 Å². The number of rotatable bonds is 4. The third-order valence-corrected chi connectivity index (χ3v) is 3.43. The molecule has 0 amide bonds. The molecule has 1 heterocycles. The molecule has 0 aliphatic rings. The smallest absolute Gasteiger partial charge is 0.239 e. The Kier molecular flexibility index (Phi) is 3.96. The highest BCUT2D eigenvalue weighted by Gasteiger charge is 2.15. The van der Waals surface area contributed by atoms with Crippen molar-refractivity contribution in [1.29, 1.82) is 0 Å². The Labute approximate surface area is 108 Å². The minimum Gasteiger partial charge on any atom is -0.338 e. The van der Waals surface area contributed by atoms with Crippen LogP contribution in [-0.4, -0.2) is 10.1 Å². The van der Waals surface area contributed by atoms with E-state index in [1.54, 1.807) is 0 Å². The molecule has 0 fully saturated rings. The summed E-state index contributed by atoms with van der Waals surface area (Å²) in [5, 5.41) is 3.69. The molecule has 0 bridgehead atoms. The lowest BCUT2D eigenvalue weighted by atomic mass is 10.3. The van der Waals surface area contributed by atoms with Crippen LogP contribution >= 0.6 is 11.8 Å². The summed E-state index contributed by atoms with van der Waals surface area (Å²) in [6.07, 6.45) is 0.700. The average Bonchev–Trinajstić information content (AvgIpc) is 2.82. The van der Waals surface area contributed by atoms with E-state index >= 15 is 0 Å². The van der Waals surface area contributed by atoms with Gasteiger partial charge in [-0.1, -0.05) is 12.1 Å². The van der Waals surface area contributed by atoms with Gasteiger partial charge in [0.2, 0.25) is 5.89 Å². The van der Waals surface area contributed by atoms with E-state index in [4.69, 9.17) is 4.52 Å². The maximum absolute atomic E-state index is 13.1. The Hall–Kier alpha value is -1.43. The third kappa shape index (κ3) is 2.87. The van der Waals surface area contributed by atoms with Crippen molar-refractivity contribution in [2.45, 2.75) is 30.4 Å². The number of benzene rings is 1. The van der Waals surface area contributed by atoms with Crippen molar-refractivity contribution in [1.82, 2.24) is 10.1 Å². The number of hydrogen-bond donors (Lipinski definition) is 0. The van der Waals surface area contributed by atoms with Gasteiger partial charge in [0.15, 0.2) is 17.5 Å². The Morgan fingerprint density at radius 2 is 2.11 bits per heavy atom. The van der Waals surface area contributed by atoms with Crippen molar-refractivity contribution in [2.24, 2.45) is 0 Å². The zero-order valence-electron chi connectivity index (χ0n) is 9.98. The molecular formula is C12H12F2N2OS. The first-order valence-corrected chi connectivity index (χ1v) is 6.42. The van der Waals surface area contributed by atoms with Crippen LogP contribution in [0.2, 0.25) is 0 Å². The molecule has 96 valence electrons. The molecule has 1 unspecified atom stereocenters. The van der Waals surface area contributed by atoms with Gasteiger partial charge in [-0.2, -0.15) is 4.98 Å². The lowest BCUT2D eigenvalue weighted by Crippen LogP contribution is -1.91. The van der Waals surface area contributed by atoms with Gasteiger partial charge in [0.05, 0.1) is 5.25 Å². The molecule has 0 N–H and O–H groups in total. The summed E-state index contributed by atoms with van der Waals surface area (Å²) in [5.41, 5.74) is 0. The maximum Gasteiger partial charge on any atom is 0.239 e. The van der Waals surface area contributed by atoms with Crippen LogP contribution < -0.4 is 0 Å². The van der Waals surface area contributed by atoms with Gasteiger partial charge in [0, 0.05) is 11.3 Å². The van der Waals surface area contributed by atoms with Gasteiger partial charge in [-0.25, -0.2) is 8.78 Å². The summed E-state index contributed by atoms with van der Waals surface area (Å²) < 4.78 is 30.9. The molecule has 1 atom stereocenters. The van der Waals surface area contributed by atoms with E-state index in [0.29, 0.717) is 23.0 Å². The van der Waals surface area contributed by atoms with Gasteiger partial charge in [-0.15, -0.1) is 11.8 Å². The molecule has 0 aliphatic heterocycles.